The monoisotopic (exact) mass is 286 g/mol. The van der Waals surface area contributed by atoms with Crippen molar-refractivity contribution < 1.29 is 0 Å². The lowest BCUT2D eigenvalue weighted by Gasteiger charge is -1.96. The van der Waals surface area contributed by atoms with E-state index in [1.807, 2.05) is 29.9 Å². The second kappa shape index (κ2) is 4.00. The van der Waals surface area contributed by atoms with Crippen LogP contribution in [0.3, 0.4) is 0 Å². The van der Waals surface area contributed by atoms with E-state index in [1.165, 1.54) is 5.39 Å². The average Bonchev–Trinajstić information content (AvgIpc) is 2.68. The number of benzene rings is 2. The molecule has 0 N–H and O–H groups in total. The quantitative estimate of drug-likeness (QED) is 0.661. The molecule has 17 heavy (non-hydrogen) atoms. The fourth-order valence-electron chi connectivity index (χ4n) is 2.04. The van der Waals surface area contributed by atoms with E-state index >= 15 is 0 Å². The summed E-state index contributed by atoms with van der Waals surface area (Å²) >= 11 is 3.49. The van der Waals surface area contributed by atoms with Crippen molar-refractivity contribution in [2.45, 2.75) is 0 Å². The zero-order chi connectivity index (χ0) is 11.8. The first-order valence-corrected chi connectivity index (χ1v) is 6.23. The lowest BCUT2D eigenvalue weighted by Crippen LogP contribution is -1.89. The summed E-state index contributed by atoms with van der Waals surface area (Å²) in [6.45, 7) is 0. The number of aromatic nitrogens is 2. The lowest BCUT2D eigenvalue weighted by atomic mass is 10.1. The van der Waals surface area contributed by atoms with Crippen molar-refractivity contribution in [3.8, 4) is 11.3 Å². The van der Waals surface area contributed by atoms with Gasteiger partial charge in [-0.3, -0.25) is 4.68 Å². The van der Waals surface area contributed by atoms with E-state index in [4.69, 9.17) is 0 Å². The number of hydrogen-bond donors (Lipinski definition) is 0. The van der Waals surface area contributed by atoms with Crippen LogP contribution in [0, 0.1) is 0 Å². The Bertz CT molecular complexity index is 671. The lowest BCUT2D eigenvalue weighted by molar-refractivity contribution is 0.800. The van der Waals surface area contributed by atoms with Crippen molar-refractivity contribution in [2.24, 2.45) is 7.05 Å². The van der Waals surface area contributed by atoms with Crippen LogP contribution in [0.2, 0.25) is 0 Å². The molecule has 3 aromatic rings. The first-order chi connectivity index (χ1) is 8.25. The van der Waals surface area contributed by atoms with Crippen LogP contribution in [0.1, 0.15) is 0 Å². The smallest absolute Gasteiger partial charge is 0.100 e. The molecule has 0 saturated carbocycles. The molecule has 84 valence electrons. The highest BCUT2D eigenvalue weighted by molar-refractivity contribution is 9.10. The summed E-state index contributed by atoms with van der Waals surface area (Å²) in [5.74, 6) is 0. The average molecular weight is 287 g/mol. The van der Waals surface area contributed by atoms with E-state index in [0.29, 0.717) is 0 Å². The molecular formula is C14H11BrN2. The summed E-state index contributed by atoms with van der Waals surface area (Å²) in [6, 6.07) is 16.5. The van der Waals surface area contributed by atoms with E-state index in [2.05, 4.69) is 51.4 Å². The van der Waals surface area contributed by atoms with Gasteiger partial charge in [-0.2, -0.15) is 5.10 Å². The maximum Gasteiger partial charge on any atom is 0.100 e. The summed E-state index contributed by atoms with van der Waals surface area (Å²) in [4.78, 5) is 0. The molecule has 3 heteroatoms. The molecule has 0 aliphatic carbocycles. The van der Waals surface area contributed by atoms with E-state index in [9.17, 15) is 0 Å². The minimum atomic E-state index is 1.04. The molecule has 0 bridgehead atoms. The molecule has 0 spiro atoms. The topological polar surface area (TPSA) is 17.8 Å². The van der Waals surface area contributed by atoms with Crippen molar-refractivity contribution in [2.75, 3.05) is 0 Å². The Morgan fingerprint density at radius 1 is 1.06 bits per heavy atom. The second-order valence-electron chi connectivity index (χ2n) is 4.00. The summed E-state index contributed by atoms with van der Waals surface area (Å²) in [6.07, 6.45) is 0. The third-order valence-corrected chi connectivity index (χ3v) is 3.35. The van der Waals surface area contributed by atoms with Crippen LogP contribution in [0.15, 0.2) is 53.0 Å². The van der Waals surface area contributed by atoms with Gasteiger partial charge in [-0.15, -0.1) is 0 Å². The number of aryl methyl sites for hydroxylation is 1. The predicted molar refractivity (Wildman–Crippen MR) is 73.9 cm³/mol. The summed E-state index contributed by atoms with van der Waals surface area (Å²) < 4.78 is 3.00. The first-order valence-electron chi connectivity index (χ1n) is 5.43. The number of hydrogen-bond acceptors (Lipinski definition) is 1. The van der Waals surface area contributed by atoms with Gasteiger partial charge in [-0.05, 0) is 18.2 Å². The van der Waals surface area contributed by atoms with Gasteiger partial charge in [0, 0.05) is 22.5 Å². The van der Waals surface area contributed by atoms with Gasteiger partial charge < -0.3 is 0 Å². The standard InChI is InChI=1S/C14H11BrN2/c1-17-13-9-11(15)7-8-12(13)14(16-17)10-5-3-2-4-6-10/h2-9H,1H3. The van der Waals surface area contributed by atoms with Gasteiger partial charge in [0.15, 0.2) is 0 Å². The molecule has 0 aliphatic heterocycles. The van der Waals surface area contributed by atoms with Crippen molar-refractivity contribution >= 4 is 26.8 Å². The highest BCUT2D eigenvalue weighted by Gasteiger charge is 2.09. The molecule has 2 aromatic carbocycles. The van der Waals surface area contributed by atoms with Gasteiger partial charge in [0.25, 0.3) is 0 Å². The maximum atomic E-state index is 4.60. The Balaban J connectivity index is 2.32. The Kier molecular flexibility index (Phi) is 2.48. The van der Waals surface area contributed by atoms with Crippen LogP contribution in [0.4, 0.5) is 0 Å². The molecular weight excluding hydrogens is 276 g/mol. The Morgan fingerprint density at radius 2 is 1.82 bits per heavy atom. The summed E-state index contributed by atoms with van der Waals surface area (Å²) in [5.41, 5.74) is 3.33. The van der Waals surface area contributed by atoms with Gasteiger partial charge in [-0.1, -0.05) is 46.3 Å². The number of nitrogens with zero attached hydrogens (tertiary/aromatic N) is 2. The number of fused-ring (bicyclic) bond motifs is 1. The van der Waals surface area contributed by atoms with Crippen LogP contribution in [-0.4, -0.2) is 9.78 Å². The van der Waals surface area contributed by atoms with Crippen molar-refractivity contribution in [3.05, 3.63) is 53.0 Å². The molecule has 2 nitrogen and oxygen atoms in total. The zero-order valence-corrected chi connectivity index (χ0v) is 11.0. The third kappa shape index (κ3) is 1.76. The third-order valence-electron chi connectivity index (χ3n) is 2.86. The molecule has 1 aromatic heterocycles. The molecule has 0 fully saturated rings. The minimum absolute atomic E-state index is 1.04. The van der Waals surface area contributed by atoms with Gasteiger partial charge in [0.2, 0.25) is 0 Å². The van der Waals surface area contributed by atoms with Crippen molar-refractivity contribution in [1.82, 2.24) is 9.78 Å². The molecule has 0 radical (unpaired) electrons. The fraction of sp³-hybridized carbons (Fsp3) is 0.0714. The summed E-state index contributed by atoms with van der Waals surface area (Å²) in [5, 5.41) is 5.78. The normalized spacial score (nSPS) is 10.9. The van der Waals surface area contributed by atoms with E-state index in [1.54, 1.807) is 0 Å². The maximum absolute atomic E-state index is 4.60. The van der Waals surface area contributed by atoms with Crippen LogP contribution >= 0.6 is 15.9 Å². The number of halogens is 1. The van der Waals surface area contributed by atoms with E-state index in [-0.39, 0.29) is 0 Å². The fourth-order valence-corrected chi connectivity index (χ4v) is 2.39. The predicted octanol–water partition coefficient (Wildman–Crippen LogP) is 4.00. The molecule has 3 rings (SSSR count). The van der Waals surface area contributed by atoms with E-state index < -0.39 is 0 Å². The molecule has 0 aliphatic rings. The van der Waals surface area contributed by atoms with Gasteiger partial charge in [-0.25, -0.2) is 0 Å². The molecule has 0 unspecified atom stereocenters. The van der Waals surface area contributed by atoms with Crippen molar-refractivity contribution in [1.29, 1.82) is 0 Å². The number of rotatable bonds is 1. The second-order valence-corrected chi connectivity index (χ2v) is 4.92. The van der Waals surface area contributed by atoms with Crippen LogP contribution < -0.4 is 0 Å². The van der Waals surface area contributed by atoms with Crippen molar-refractivity contribution in [3.63, 3.8) is 0 Å². The van der Waals surface area contributed by atoms with Crippen LogP contribution in [0.25, 0.3) is 22.2 Å². The largest absolute Gasteiger partial charge is 0.267 e. The first kappa shape index (κ1) is 10.5. The molecule has 0 saturated heterocycles. The van der Waals surface area contributed by atoms with Gasteiger partial charge in [0.05, 0.1) is 5.52 Å². The molecule has 0 atom stereocenters. The van der Waals surface area contributed by atoms with Gasteiger partial charge >= 0.3 is 0 Å². The molecule has 0 amide bonds. The van der Waals surface area contributed by atoms with Crippen LogP contribution in [-0.2, 0) is 7.05 Å². The highest BCUT2D eigenvalue weighted by atomic mass is 79.9. The Morgan fingerprint density at radius 3 is 2.59 bits per heavy atom. The highest BCUT2D eigenvalue weighted by Crippen LogP contribution is 2.29. The van der Waals surface area contributed by atoms with E-state index in [0.717, 1.165) is 21.2 Å². The zero-order valence-electron chi connectivity index (χ0n) is 9.39. The Labute approximate surface area is 108 Å². The SMILES string of the molecule is Cn1nc(-c2ccccc2)c2ccc(Br)cc21. The van der Waals surface area contributed by atoms with Crippen LogP contribution in [0.5, 0.6) is 0 Å². The van der Waals surface area contributed by atoms with Gasteiger partial charge in [0.1, 0.15) is 5.69 Å². The Hall–Kier alpha value is -1.61. The minimum Gasteiger partial charge on any atom is -0.267 e. The molecule has 1 heterocycles. The summed E-state index contributed by atoms with van der Waals surface area (Å²) in [7, 11) is 1.97.